The van der Waals surface area contributed by atoms with Crippen molar-refractivity contribution in [2.24, 2.45) is 0 Å². The zero-order chi connectivity index (χ0) is 13.2. The molecule has 1 aromatic heterocycles. The third kappa shape index (κ3) is 3.45. The number of aromatic nitrogens is 1. The summed E-state index contributed by atoms with van der Waals surface area (Å²) in [6.07, 6.45) is -5.01. The van der Waals surface area contributed by atoms with Crippen molar-refractivity contribution < 1.29 is 22.8 Å². The third-order valence-corrected chi connectivity index (χ3v) is 2.04. The number of rotatable bonds is 3. The van der Waals surface area contributed by atoms with Crippen LogP contribution in [-0.2, 0) is 5.88 Å². The number of pyridine rings is 1. The van der Waals surface area contributed by atoms with Gasteiger partial charge in [0.25, 0.3) is 0 Å². The van der Waals surface area contributed by atoms with Gasteiger partial charge in [0.05, 0.1) is 5.88 Å². The van der Waals surface area contributed by atoms with E-state index in [9.17, 15) is 23.3 Å². The quantitative estimate of drug-likeness (QED) is 0.481. The summed E-state index contributed by atoms with van der Waals surface area (Å²) in [5, 5.41) is 10.5. The van der Waals surface area contributed by atoms with Gasteiger partial charge in [-0.1, -0.05) is 0 Å². The minimum Gasteiger partial charge on any atom is -0.397 e. The molecule has 0 fully saturated rings. The molecule has 0 bridgehead atoms. The summed E-state index contributed by atoms with van der Waals surface area (Å²) in [6.45, 7) is 1.43. The van der Waals surface area contributed by atoms with E-state index in [-0.39, 0.29) is 17.1 Å². The molecular weight excluding hydrogens is 265 g/mol. The summed E-state index contributed by atoms with van der Waals surface area (Å²) in [6, 6.07) is 0.885. The lowest BCUT2D eigenvalue weighted by molar-refractivity contribution is -0.393. The lowest BCUT2D eigenvalue weighted by atomic mass is 10.2. The van der Waals surface area contributed by atoms with E-state index in [0.717, 1.165) is 6.07 Å². The van der Waals surface area contributed by atoms with E-state index in [4.69, 9.17) is 11.6 Å². The van der Waals surface area contributed by atoms with Crippen LogP contribution in [0.15, 0.2) is 6.07 Å². The second-order valence-corrected chi connectivity index (χ2v) is 3.28. The van der Waals surface area contributed by atoms with Gasteiger partial charge in [-0.25, -0.2) is 0 Å². The molecule has 0 atom stereocenters. The highest BCUT2D eigenvalue weighted by molar-refractivity contribution is 6.17. The molecule has 0 amide bonds. The van der Waals surface area contributed by atoms with E-state index in [1.165, 1.54) is 6.92 Å². The summed E-state index contributed by atoms with van der Waals surface area (Å²) in [7, 11) is 0. The van der Waals surface area contributed by atoms with Crippen LogP contribution in [0.1, 0.15) is 11.3 Å². The molecule has 5 nitrogen and oxygen atoms in total. The maximum absolute atomic E-state index is 12.0. The van der Waals surface area contributed by atoms with Crippen LogP contribution in [0.5, 0.6) is 5.75 Å². The summed E-state index contributed by atoms with van der Waals surface area (Å²) >= 11 is 5.45. The number of nitro groups is 1. The van der Waals surface area contributed by atoms with Crippen LogP contribution in [0.4, 0.5) is 19.0 Å². The Morgan fingerprint density at radius 3 is 2.59 bits per heavy atom. The van der Waals surface area contributed by atoms with Gasteiger partial charge in [-0.2, -0.15) is 0 Å². The van der Waals surface area contributed by atoms with Crippen molar-refractivity contribution in [3.8, 4) is 5.75 Å². The molecule has 9 heteroatoms. The molecule has 1 rings (SSSR count). The van der Waals surface area contributed by atoms with Crippen LogP contribution < -0.4 is 4.74 Å². The Kier molecular flexibility index (Phi) is 3.76. The Labute approximate surface area is 98.3 Å². The van der Waals surface area contributed by atoms with Gasteiger partial charge in [-0.15, -0.1) is 24.8 Å². The number of hydrogen-bond donors (Lipinski definition) is 0. The van der Waals surface area contributed by atoms with Crippen LogP contribution in [0.3, 0.4) is 0 Å². The van der Waals surface area contributed by atoms with E-state index in [1.54, 1.807) is 0 Å². The topological polar surface area (TPSA) is 65.3 Å². The second-order valence-electron chi connectivity index (χ2n) is 3.01. The molecule has 17 heavy (non-hydrogen) atoms. The zero-order valence-electron chi connectivity index (χ0n) is 8.42. The minimum absolute atomic E-state index is 0.132. The molecule has 0 aliphatic heterocycles. The Bertz CT molecular complexity index is 450. The van der Waals surface area contributed by atoms with Crippen molar-refractivity contribution in [1.29, 1.82) is 0 Å². The number of ether oxygens (including phenoxy) is 1. The van der Waals surface area contributed by atoms with Crippen molar-refractivity contribution in [2.75, 3.05) is 0 Å². The first-order chi connectivity index (χ1) is 7.74. The lowest BCUT2D eigenvalue weighted by Crippen LogP contribution is -2.18. The van der Waals surface area contributed by atoms with E-state index in [1.807, 2.05) is 0 Å². The molecule has 1 aromatic rings. The van der Waals surface area contributed by atoms with Crippen LogP contribution in [0.25, 0.3) is 0 Å². The standard InChI is InChI=1S/C8H6ClF3N2O3/c1-4-2-6(17-8(10,11)12)7(14(15)16)13-5(4)3-9/h2H,3H2,1H3. The summed E-state index contributed by atoms with van der Waals surface area (Å²) in [4.78, 5) is 12.9. The van der Waals surface area contributed by atoms with Gasteiger partial charge >= 0.3 is 12.2 Å². The molecular formula is C8H6ClF3N2O3. The molecule has 0 aliphatic rings. The van der Waals surface area contributed by atoms with Gasteiger partial charge in [-0.3, -0.25) is 0 Å². The van der Waals surface area contributed by atoms with Gasteiger partial charge in [0.15, 0.2) is 5.69 Å². The van der Waals surface area contributed by atoms with Gasteiger partial charge in [0.2, 0.25) is 5.75 Å². The predicted octanol–water partition coefficient (Wildman–Crippen LogP) is 2.94. The summed E-state index contributed by atoms with van der Waals surface area (Å²) in [5.41, 5.74) is 0.415. The van der Waals surface area contributed by atoms with Crippen molar-refractivity contribution in [2.45, 2.75) is 19.2 Å². The SMILES string of the molecule is Cc1cc(OC(F)(F)F)c([N+](=O)[O-])nc1CCl. The minimum atomic E-state index is -5.01. The first kappa shape index (κ1) is 13.5. The maximum Gasteiger partial charge on any atom is 0.573 e. The summed E-state index contributed by atoms with van der Waals surface area (Å²) < 4.78 is 39.5. The Morgan fingerprint density at radius 1 is 1.59 bits per heavy atom. The molecule has 1 heterocycles. The second kappa shape index (κ2) is 4.74. The van der Waals surface area contributed by atoms with Gasteiger partial charge in [-0.05, 0) is 22.9 Å². The van der Waals surface area contributed by atoms with Crippen molar-refractivity contribution in [3.63, 3.8) is 0 Å². The van der Waals surface area contributed by atoms with Crippen molar-refractivity contribution in [3.05, 3.63) is 27.4 Å². The smallest absolute Gasteiger partial charge is 0.397 e. The molecule has 0 saturated carbocycles. The third-order valence-electron chi connectivity index (χ3n) is 1.79. The first-order valence-electron chi connectivity index (χ1n) is 4.21. The largest absolute Gasteiger partial charge is 0.573 e. The Morgan fingerprint density at radius 2 is 2.18 bits per heavy atom. The fourth-order valence-electron chi connectivity index (χ4n) is 1.08. The number of nitrogens with zero attached hydrogens (tertiary/aromatic N) is 2. The van der Waals surface area contributed by atoms with Crippen LogP contribution >= 0.6 is 11.6 Å². The molecule has 0 radical (unpaired) electrons. The average Bonchev–Trinajstić information content (AvgIpc) is 2.14. The number of aryl methyl sites for hydroxylation is 1. The highest BCUT2D eigenvalue weighted by atomic mass is 35.5. The maximum atomic E-state index is 12.0. The van der Waals surface area contributed by atoms with Crippen LogP contribution in [0, 0.1) is 17.0 Å². The lowest BCUT2D eigenvalue weighted by Gasteiger charge is -2.09. The monoisotopic (exact) mass is 270 g/mol. The summed E-state index contributed by atoms with van der Waals surface area (Å²) in [5.74, 6) is -2.10. The van der Waals surface area contributed by atoms with E-state index in [0.29, 0.717) is 0 Å². The number of halogens is 4. The molecule has 0 aromatic carbocycles. The predicted molar refractivity (Wildman–Crippen MR) is 51.9 cm³/mol. The van der Waals surface area contributed by atoms with Crippen molar-refractivity contribution in [1.82, 2.24) is 4.98 Å². The molecule has 94 valence electrons. The highest BCUT2D eigenvalue weighted by Gasteiger charge is 2.35. The number of alkyl halides is 4. The fraction of sp³-hybridized carbons (Fsp3) is 0.375. The first-order valence-corrected chi connectivity index (χ1v) is 4.74. The fourth-order valence-corrected chi connectivity index (χ4v) is 1.35. The molecule has 0 saturated heterocycles. The van der Waals surface area contributed by atoms with Gasteiger partial charge in [0.1, 0.15) is 0 Å². The number of hydrogen-bond acceptors (Lipinski definition) is 4. The van der Waals surface area contributed by atoms with E-state index < -0.39 is 22.9 Å². The van der Waals surface area contributed by atoms with Crippen LogP contribution in [-0.4, -0.2) is 16.3 Å². The molecule has 0 unspecified atom stereocenters. The van der Waals surface area contributed by atoms with Gasteiger partial charge in [0, 0.05) is 5.56 Å². The highest BCUT2D eigenvalue weighted by Crippen LogP contribution is 2.32. The molecule has 0 N–H and O–H groups in total. The zero-order valence-corrected chi connectivity index (χ0v) is 9.17. The van der Waals surface area contributed by atoms with Gasteiger partial charge < -0.3 is 14.9 Å². The molecule has 0 aliphatic carbocycles. The normalized spacial score (nSPS) is 11.4. The Balaban J connectivity index is 3.28. The van der Waals surface area contributed by atoms with E-state index >= 15 is 0 Å². The average molecular weight is 271 g/mol. The van der Waals surface area contributed by atoms with Crippen molar-refractivity contribution >= 4 is 17.4 Å². The molecule has 0 spiro atoms. The van der Waals surface area contributed by atoms with Crippen LogP contribution in [0.2, 0.25) is 0 Å². The van der Waals surface area contributed by atoms with E-state index in [2.05, 4.69) is 9.72 Å². The Hall–Kier alpha value is -1.57.